The number of aromatic nitrogens is 2. The average molecular weight is 513 g/mol. The highest BCUT2D eigenvalue weighted by Crippen LogP contribution is 2.50. The van der Waals surface area contributed by atoms with Gasteiger partial charge in [-0.25, -0.2) is 9.97 Å². The van der Waals surface area contributed by atoms with Gasteiger partial charge in [0.1, 0.15) is 0 Å². The van der Waals surface area contributed by atoms with E-state index >= 15 is 0 Å². The monoisotopic (exact) mass is 512 g/mol. The Morgan fingerprint density at radius 1 is 0.436 bits per heavy atom. The lowest BCUT2D eigenvalue weighted by atomic mass is 9.90. The summed E-state index contributed by atoms with van der Waals surface area (Å²) in [7, 11) is 0. The number of para-hydroxylation sites is 2. The van der Waals surface area contributed by atoms with E-state index < -0.39 is 0 Å². The number of fused-ring (bicyclic) bond motifs is 6. The number of hydrogen-bond donors (Lipinski definition) is 0. The lowest BCUT2D eigenvalue weighted by Gasteiger charge is -2.15. The molecule has 0 saturated carbocycles. The highest BCUT2D eigenvalue weighted by Gasteiger charge is 2.22. The molecule has 0 radical (unpaired) electrons. The van der Waals surface area contributed by atoms with E-state index in [1.165, 1.54) is 52.5 Å². The standard InChI is InChI=1S/C36H20N2S/c1-2-10-22(11-3-1)34-35(38-29-15-7-6-14-28(29)37-34)27-20-19-26-31-23-12-5-4-9-21(23)17-18-25(31)24-13-8-16-30-32(24)33(26)36(27)39-30/h1-20H. The SMILES string of the molecule is c1ccc(-c2nc3ccccc3nc2-c2ccc3c4c5ccccc5ccc4c4cccc5sc2c3c54)cc1. The summed E-state index contributed by atoms with van der Waals surface area (Å²) in [6.45, 7) is 0. The van der Waals surface area contributed by atoms with Crippen molar-refractivity contribution < 1.29 is 0 Å². The Balaban J connectivity index is 1.48. The number of nitrogens with zero attached hydrogens (tertiary/aromatic N) is 2. The van der Waals surface area contributed by atoms with Crippen molar-refractivity contribution in [3.63, 3.8) is 0 Å². The summed E-state index contributed by atoms with van der Waals surface area (Å²) in [5, 5.41) is 10.5. The van der Waals surface area contributed by atoms with Crippen LogP contribution in [0.5, 0.6) is 0 Å². The van der Waals surface area contributed by atoms with E-state index in [0.29, 0.717) is 0 Å². The Hall–Kier alpha value is -4.86. The lowest BCUT2D eigenvalue weighted by Crippen LogP contribution is -1.96. The summed E-state index contributed by atoms with van der Waals surface area (Å²) in [5.41, 5.74) is 5.89. The minimum atomic E-state index is 0.910. The van der Waals surface area contributed by atoms with Gasteiger partial charge >= 0.3 is 0 Å². The first-order valence-electron chi connectivity index (χ1n) is 13.2. The van der Waals surface area contributed by atoms with E-state index in [4.69, 9.17) is 9.97 Å². The van der Waals surface area contributed by atoms with Gasteiger partial charge in [0.2, 0.25) is 0 Å². The van der Waals surface area contributed by atoms with Crippen LogP contribution in [0.25, 0.3) is 86.0 Å². The predicted molar refractivity (Wildman–Crippen MR) is 167 cm³/mol. The van der Waals surface area contributed by atoms with Crippen molar-refractivity contribution in [2.45, 2.75) is 0 Å². The van der Waals surface area contributed by atoms with Crippen LogP contribution < -0.4 is 0 Å². The van der Waals surface area contributed by atoms with E-state index in [1.807, 2.05) is 35.6 Å². The van der Waals surface area contributed by atoms with Crippen molar-refractivity contribution >= 4 is 74.9 Å². The van der Waals surface area contributed by atoms with Gasteiger partial charge in [-0.1, -0.05) is 103 Å². The van der Waals surface area contributed by atoms with Gasteiger partial charge in [0, 0.05) is 31.3 Å². The molecule has 2 aromatic heterocycles. The van der Waals surface area contributed by atoms with Crippen LogP contribution >= 0.6 is 11.3 Å². The highest BCUT2D eigenvalue weighted by atomic mass is 32.1. The van der Waals surface area contributed by atoms with E-state index in [9.17, 15) is 0 Å². The molecule has 9 rings (SSSR count). The fraction of sp³-hybridized carbons (Fsp3) is 0. The van der Waals surface area contributed by atoms with Crippen molar-refractivity contribution in [3.8, 4) is 22.5 Å². The number of rotatable bonds is 2. The maximum absolute atomic E-state index is 5.25. The lowest BCUT2D eigenvalue weighted by molar-refractivity contribution is 1.30. The van der Waals surface area contributed by atoms with Crippen LogP contribution in [-0.4, -0.2) is 9.97 Å². The Morgan fingerprint density at radius 3 is 2.00 bits per heavy atom. The molecular weight excluding hydrogens is 492 g/mol. The molecule has 0 bridgehead atoms. The van der Waals surface area contributed by atoms with Gasteiger partial charge in [0.05, 0.1) is 22.4 Å². The first-order chi connectivity index (χ1) is 19.3. The van der Waals surface area contributed by atoms with Gasteiger partial charge in [0.25, 0.3) is 0 Å². The molecule has 0 aliphatic carbocycles. The molecule has 0 saturated heterocycles. The molecule has 9 aromatic rings. The minimum absolute atomic E-state index is 0.910. The van der Waals surface area contributed by atoms with Crippen molar-refractivity contribution in [3.05, 3.63) is 121 Å². The quantitative estimate of drug-likeness (QED) is 0.215. The van der Waals surface area contributed by atoms with Crippen LogP contribution in [0, 0.1) is 0 Å². The molecule has 7 aromatic carbocycles. The molecule has 0 aliphatic rings. The van der Waals surface area contributed by atoms with Crippen LogP contribution in [-0.2, 0) is 0 Å². The van der Waals surface area contributed by atoms with Crippen LogP contribution in [0.2, 0.25) is 0 Å². The zero-order valence-electron chi connectivity index (χ0n) is 20.8. The number of thiophene rings is 1. The molecule has 0 atom stereocenters. The molecule has 3 heteroatoms. The Kier molecular flexibility index (Phi) is 4.24. The van der Waals surface area contributed by atoms with Crippen molar-refractivity contribution in [2.24, 2.45) is 0 Å². The summed E-state index contributed by atoms with van der Waals surface area (Å²) in [4.78, 5) is 10.4. The number of benzene rings is 7. The predicted octanol–water partition coefficient (Wildman–Crippen LogP) is 10.2. The summed E-state index contributed by atoms with van der Waals surface area (Å²) >= 11 is 1.87. The highest BCUT2D eigenvalue weighted by molar-refractivity contribution is 7.26. The molecule has 2 heterocycles. The third kappa shape index (κ3) is 2.91. The van der Waals surface area contributed by atoms with Crippen molar-refractivity contribution in [1.29, 1.82) is 0 Å². The summed E-state index contributed by atoms with van der Waals surface area (Å²) in [5.74, 6) is 0. The van der Waals surface area contributed by atoms with Gasteiger partial charge in [0.15, 0.2) is 0 Å². The Bertz CT molecular complexity index is 2390. The fourth-order valence-corrected chi connectivity index (χ4v) is 7.58. The molecule has 2 nitrogen and oxygen atoms in total. The molecule has 0 spiro atoms. The van der Waals surface area contributed by atoms with Gasteiger partial charge in [-0.2, -0.15) is 0 Å². The molecule has 0 fully saturated rings. The van der Waals surface area contributed by atoms with Gasteiger partial charge < -0.3 is 0 Å². The molecule has 0 amide bonds. The van der Waals surface area contributed by atoms with E-state index in [2.05, 4.69) is 97.1 Å². The molecule has 39 heavy (non-hydrogen) atoms. The maximum atomic E-state index is 5.25. The zero-order chi connectivity index (χ0) is 25.5. The molecule has 0 N–H and O–H groups in total. The first-order valence-corrected chi connectivity index (χ1v) is 14.0. The fourth-order valence-electron chi connectivity index (χ4n) is 6.31. The van der Waals surface area contributed by atoms with Crippen LogP contribution in [0.15, 0.2) is 121 Å². The summed E-state index contributed by atoms with van der Waals surface area (Å²) in [6, 6.07) is 43.2. The second kappa shape index (κ2) is 7.83. The van der Waals surface area contributed by atoms with Crippen molar-refractivity contribution in [2.75, 3.05) is 0 Å². The third-order valence-electron chi connectivity index (χ3n) is 8.01. The molecular formula is C36H20N2S. The van der Waals surface area contributed by atoms with Crippen LogP contribution in [0.4, 0.5) is 0 Å². The Morgan fingerprint density at radius 2 is 1.13 bits per heavy atom. The smallest absolute Gasteiger partial charge is 0.0987 e. The summed E-state index contributed by atoms with van der Waals surface area (Å²) < 4.78 is 2.58. The van der Waals surface area contributed by atoms with Gasteiger partial charge in [-0.15, -0.1) is 11.3 Å². The first kappa shape index (κ1) is 21.1. The second-order valence-corrected chi connectivity index (χ2v) is 11.2. The van der Waals surface area contributed by atoms with Crippen LogP contribution in [0.1, 0.15) is 0 Å². The van der Waals surface area contributed by atoms with Gasteiger partial charge in [-0.05, 0) is 50.5 Å². The normalized spacial score (nSPS) is 12.1. The largest absolute Gasteiger partial charge is 0.244 e. The number of hydrogen-bond acceptors (Lipinski definition) is 3. The maximum Gasteiger partial charge on any atom is 0.0987 e. The molecule has 0 aliphatic heterocycles. The Labute approximate surface area is 228 Å². The van der Waals surface area contributed by atoms with E-state index in [-0.39, 0.29) is 0 Å². The topological polar surface area (TPSA) is 25.8 Å². The third-order valence-corrected chi connectivity index (χ3v) is 9.20. The second-order valence-electron chi connectivity index (χ2n) is 10.1. The molecule has 180 valence electrons. The molecule has 0 unspecified atom stereocenters. The van der Waals surface area contributed by atoms with E-state index in [0.717, 1.165) is 33.5 Å². The van der Waals surface area contributed by atoms with Crippen LogP contribution in [0.3, 0.4) is 0 Å². The van der Waals surface area contributed by atoms with E-state index in [1.54, 1.807) is 0 Å². The van der Waals surface area contributed by atoms with Crippen molar-refractivity contribution in [1.82, 2.24) is 9.97 Å². The van der Waals surface area contributed by atoms with Gasteiger partial charge in [-0.3, -0.25) is 0 Å². The minimum Gasteiger partial charge on any atom is -0.244 e. The average Bonchev–Trinajstić information content (AvgIpc) is 3.40. The zero-order valence-corrected chi connectivity index (χ0v) is 21.7. The summed E-state index contributed by atoms with van der Waals surface area (Å²) in [6.07, 6.45) is 0.